The molecule has 0 unspecified atom stereocenters. The maximum Gasteiger partial charge on any atom is 0.262 e. The first-order valence-electron chi connectivity index (χ1n) is 10.5. The van der Waals surface area contributed by atoms with Crippen molar-refractivity contribution in [3.63, 3.8) is 0 Å². The summed E-state index contributed by atoms with van der Waals surface area (Å²) in [7, 11) is 0. The van der Waals surface area contributed by atoms with E-state index < -0.39 is 0 Å². The monoisotopic (exact) mass is 409 g/mol. The van der Waals surface area contributed by atoms with E-state index in [-0.39, 0.29) is 17.5 Å². The minimum Gasteiger partial charge on any atom is -0.349 e. The maximum atomic E-state index is 13.1. The van der Waals surface area contributed by atoms with Crippen LogP contribution in [0.2, 0.25) is 0 Å². The molecule has 0 bridgehead atoms. The zero-order chi connectivity index (χ0) is 20.2. The summed E-state index contributed by atoms with van der Waals surface area (Å²) in [5, 5.41) is 3.78. The zero-order valence-electron chi connectivity index (χ0n) is 16.8. The Balaban J connectivity index is 1.59. The van der Waals surface area contributed by atoms with Gasteiger partial charge >= 0.3 is 0 Å². The van der Waals surface area contributed by atoms with Crippen LogP contribution in [0.15, 0.2) is 41.5 Å². The molecule has 3 aromatic rings. The Morgan fingerprint density at radius 2 is 1.83 bits per heavy atom. The van der Waals surface area contributed by atoms with Gasteiger partial charge in [0.05, 0.1) is 23.1 Å². The van der Waals surface area contributed by atoms with Crippen molar-refractivity contribution in [1.29, 1.82) is 0 Å². The summed E-state index contributed by atoms with van der Waals surface area (Å²) in [6, 6.07) is 10.1. The van der Waals surface area contributed by atoms with Gasteiger partial charge in [-0.3, -0.25) is 14.2 Å². The smallest absolute Gasteiger partial charge is 0.262 e. The van der Waals surface area contributed by atoms with E-state index in [0.717, 1.165) is 24.0 Å². The first-order chi connectivity index (χ1) is 14.1. The van der Waals surface area contributed by atoms with Gasteiger partial charge in [-0.15, -0.1) is 11.3 Å². The molecule has 5 nitrogen and oxygen atoms in total. The summed E-state index contributed by atoms with van der Waals surface area (Å²) < 4.78 is 1.62. The first kappa shape index (κ1) is 19.8. The number of hydrogen-bond donors (Lipinski definition) is 1. The highest BCUT2D eigenvalue weighted by Gasteiger charge is 2.22. The minimum absolute atomic E-state index is 0.0647. The highest BCUT2D eigenvalue weighted by molar-refractivity contribution is 7.20. The summed E-state index contributed by atoms with van der Waals surface area (Å²) in [4.78, 5) is 31.7. The molecule has 1 amide bonds. The molecule has 1 N–H and O–H groups in total. The molecule has 0 aliphatic heterocycles. The van der Waals surface area contributed by atoms with E-state index in [9.17, 15) is 9.59 Å². The number of aryl methyl sites for hydroxylation is 1. The Labute approximate surface area is 174 Å². The molecule has 2 heterocycles. The molecule has 0 radical (unpaired) electrons. The Morgan fingerprint density at radius 1 is 1.14 bits per heavy atom. The van der Waals surface area contributed by atoms with Crippen molar-refractivity contribution in [2.75, 3.05) is 0 Å². The standard InChI is InChI=1S/C23H27N3O2S/c1-16-19-22(24-15-26(23(19)28)14-17-10-6-5-7-11-17)29-20(16)21(27)25-18-12-8-3-2-4-9-13-18/h5-7,10-11,15,18H,2-4,8-9,12-14H2,1H3,(H,25,27). The SMILES string of the molecule is Cc1c(C(=O)NC2CCCCCCC2)sc2ncn(Cc3ccccc3)c(=O)c12. The maximum absolute atomic E-state index is 13.1. The summed E-state index contributed by atoms with van der Waals surface area (Å²) in [5.74, 6) is -0.0647. The molecule has 1 aliphatic carbocycles. The summed E-state index contributed by atoms with van der Waals surface area (Å²) in [5.41, 5.74) is 1.71. The lowest BCUT2D eigenvalue weighted by atomic mass is 9.96. The Bertz CT molecular complexity index is 1050. The van der Waals surface area contributed by atoms with Crippen molar-refractivity contribution in [2.45, 2.75) is 64.5 Å². The van der Waals surface area contributed by atoms with Crippen molar-refractivity contribution in [3.8, 4) is 0 Å². The Kier molecular flexibility index (Phi) is 6.09. The third-order valence-corrected chi connectivity index (χ3v) is 6.96. The molecular weight excluding hydrogens is 382 g/mol. The fourth-order valence-corrected chi connectivity index (χ4v) is 5.16. The lowest BCUT2D eigenvalue weighted by Crippen LogP contribution is -2.35. The van der Waals surface area contributed by atoms with Crippen molar-refractivity contribution in [2.24, 2.45) is 0 Å². The van der Waals surface area contributed by atoms with Gasteiger partial charge in [-0.1, -0.05) is 62.4 Å². The van der Waals surface area contributed by atoms with E-state index >= 15 is 0 Å². The second-order valence-electron chi connectivity index (χ2n) is 7.92. The average Bonchev–Trinajstić information content (AvgIpc) is 3.04. The van der Waals surface area contributed by atoms with Gasteiger partial charge in [0.25, 0.3) is 11.5 Å². The fourth-order valence-electron chi connectivity index (χ4n) is 4.12. The molecule has 1 aromatic carbocycles. The second kappa shape index (κ2) is 8.91. The Hall–Kier alpha value is -2.47. The van der Waals surface area contributed by atoms with Gasteiger partial charge in [-0.25, -0.2) is 4.98 Å². The van der Waals surface area contributed by atoms with Gasteiger partial charge in [0.2, 0.25) is 0 Å². The highest BCUT2D eigenvalue weighted by atomic mass is 32.1. The average molecular weight is 410 g/mol. The van der Waals surface area contributed by atoms with Crippen LogP contribution >= 0.6 is 11.3 Å². The molecule has 0 saturated heterocycles. The van der Waals surface area contributed by atoms with Crippen molar-refractivity contribution < 1.29 is 4.79 Å². The topological polar surface area (TPSA) is 64.0 Å². The Morgan fingerprint density at radius 3 is 2.55 bits per heavy atom. The van der Waals surface area contributed by atoms with Crippen LogP contribution in [0.3, 0.4) is 0 Å². The fraction of sp³-hybridized carbons (Fsp3) is 0.435. The number of carbonyl (C=O) groups is 1. The molecule has 152 valence electrons. The van der Waals surface area contributed by atoms with Crippen molar-refractivity contribution in [3.05, 3.63) is 63.0 Å². The predicted molar refractivity (Wildman–Crippen MR) is 118 cm³/mol. The number of nitrogens with zero attached hydrogens (tertiary/aromatic N) is 2. The lowest BCUT2D eigenvalue weighted by Gasteiger charge is -2.20. The van der Waals surface area contributed by atoms with Crippen LogP contribution in [0, 0.1) is 6.92 Å². The lowest BCUT2D eigenvalue weighted by molar-refractivity contribution is 0.0934. The van der Waals surface area contributed by atoms with Crippen LogP contribution in [-0.4, -0.2) is 21.5 Å². The molecule has 0 spiro atoms. The quantitative estimate of drug-likeness (QED) is 0.682. The number of hydrogen-bond acceptors (Lipinski definition) is 4. The summed E-state index contributed by atoms with van der Waals surface area (Å²) >= 11 is 1.32. The molecule has 0 atom stereocenters. The molecule has 2 aromatic heterocycles. The molecule has 1 fully saturated rings. The van der Waals surface area contributed by atoms with Crippen LogP contribution in [-0.2, 0) is 6.54 Å². The van der Waals surface area contributed by atoms with E-state index in [1.807, 2.05) is 37.3 Å². The van der Waals surface area contributed by atoms with E-state index in [2.05, 4.69) is 10.3 Å². The predicted octanol–water partition coefficient (Wildman–Crippen LogP) is 4.66. The molecule has 6 heteroatoms. The van der Waals surface area contributed by atoms with Gasteiger partial charge in [-0.2, -0.15) is 0 Å². The second-order valence-corrected chi connectivity index (χ2v) is 8.91. The molecule has 4 rings (SSSR count). The van der Waals surface area contributed by atoms with Crippen molar-refractivity contribution >= 4 is 27.5 Å². The first-order valence-corrected chi connectivity index (χ1v) is 11.3. The number of carbonyl (C=O) groups excluding carboxylic acids is 1. The number of benzene rings is 1. The van der Waals surface area contributed by atoms with Gasteiger partial charge in [0.1, 0.15) is 4.83 Å². The number of nitrogens with one attached hydrogen (secondary N) is 1. The summed E-state index contributed by atoms with van der Waals surface area (Å²) in [6.45, 7) is 2.34. The van der Waals surface area contributed by atoms with E-state index in [0.29, 0.717) is 21.6 Å². The van der Waals surface area contributed by atoms with Crippen molar-refractivity contribution in [1.82, 2.24) is 14.9 Å². The molecular formula is C23H27N3O2S. The van der Waals surface area contributed by atoms with E-state index in [1.54, 1.807) is 10.9 Å². The summed E-state index contributed by atoms with van der Waals surface area (Å²) in [6.07, 6.45) is 9.80. The van der Waals surface area contributed by atoms with Gasteiger partial charge in [0, 0.05) is 6.04 Å². The van der Waals surface area contributed by atoms with E-state index in [1.165, 1.54) is 43.4 Å². The third-order valence-electron chi connectivity index (χ3n) is 5.76. The van der Waals surface area contributed by atoms with Crippen LogP contribution in [0.5, 0.6) is 0 Å². The number of fused-ring (bicyclic) bond motifs is 1. The zero-order valence-corrected chi connectivity index (χ0v) is 17.6. The number of rotatable bonds is 4. The molecule has 1 saturated carbocycles. The largest absolute Gasteiger partial charge is 0.349 e. The van der Waals surface area contributed by atoms with Gasteiger partial charge < -0.3 is 5.32 Å². The minimum atomic E-state index is -0.0855. The van der Waals surface area contributed by atoms with Crippen LogP contribution in [0.1, 0.15) is 65.7 Å². The van der Waals surface area contributed by atoms with Crippen LogP contribution in [0.25, 0.3) is 10.2 Å². The third kappa shape index (κ3) is 4.42. The number of thiophene rings is 1. The van der Waals surface area contributed by atoms with Crippen LogP contribution < -0.4 is 10.9 Å². The normalized spacial score (nSPS) is 15.8. The van der Waals surface area contributed by atoms with Crippen LogP contribution in [0.4, 0.5) is 0 Å². The van der Waals surface area contributed by atoms with Gasteiger partial charge in [0.15, 0.2) is 0 Å². The highest BCUT2D eigenvalue weighted by Crippen LogP contribution is 2.27. The number of amides is 1. The van der Waals surface area contributed by atoms with Gasteiger partial charge in [-0.05, 0) is 30.9 Å². The van der Waals surface area contributed by atoms with E-state index in [4.69, 9.17) is 0 Å². The molecule has 1 aliphatic rings. The number of aromatic nitrogens is 2. The molecule has 29 heavy (non-hydrogen) atoms.